The van der Waals surface area contributed by atoms with Crippen molar-refractivity contribution in [3.05, 3.63) is 47.7 Å². The van der Waals surface area contributed by atoms with Crippen molar-refractivity contribution >= 4 is 5.97 Å². The van der Waals surface area contributed by atoms with Crippen molar-refractivity contribution < 1.29 is 24.0 Å². The minimum atomic E-state index is -0.300. The molecule has 2 N–H and O–H groups in total. The summed E-state index contributed by atoms with van der Waals surface area (Å²) in [6, 6.07) is 11.2. The van der Waals surface area contributed by atoms with E-state index in [2.05, 4.69) is 5.32 Å². The normalized spacial score (nSPS) is 10.8. The number of esters is 1. The van der Waals surface area contributed by atoms with Gasteiger partial charge in [-0.05, 0) is 38.1 Å². The molecule has 0 fully saturated rings. The molecule has 1 aromatic carbocycles. The topological polar surface area (TPSA) is 65.3 Å². The maximum absolute atomic E-state index is 11.7. The fourth-order valence-electron chi connectivity index (χ4n) is 2.35. The summed E-state index contributed by atoms with van der Waals surface area (Å²) in [5.74, 6) is 1.45. The Hall–Kier alpha value is -2.11. The van der Waals surface area contributed by atoms with Crippen LogP contribution in [0.5, 0.6) is 0 Å². The van der Waals surface area contributed by atoms with Crippen molar-refractivity contribution in [1.82, 2.24) is 0 Å². The quantitative estimate of drug-likeness (QED) is 0.536. The number of quaternary nitrogens is 1. The van der Waals surface area contributed by atoms with Crippen LogP contribution in [0.25, 0.3) is 11.3 Å². The molecule has 2 aromatic rings. The Labute approximate surface area is 143 Å². The summed E-state index contributed by atoms with van der Waals surface area (Å²) in [7, 11) is 0. The van der Waals surface area contributed by atoms with Gasteiger partial charge in [0.05, 0.1) is 25.3 Å². The number of ether oxygens (including phenoxy) is 2. The molecule has 0 aliphatic rings. The highest BCUT2D eigenvalue weighted by atomic mass is 16.5. The first kappa shape index (κ1) is 18.2. The number of furan rings is 1. The van der Waals surface area contributed by atoms with Gasteiger partial charge in [-0.15, -0.1) is 0 Å². The standard InChI is InChI=1S/C19H25NO4/c1-3-22-13-5-12-20-14-17-10-11-18(24-17)15-6-8-16(9-7-15)19(21)23-4-2/h6-11,20H,3-5,12-14H2,1-2H3/p+1. The molecule has 0 saturated heterocycles. The van der Waals surface area contributed by atoms with Gasteiger partial charge in [0.25, 0.3) is 0 Å². The summed E-state index contributed by atoms with van der Waals surface area (Å²) in [5, 5.41) is 2.21. The summed E-state index contributed by atoms with van der Waals surface area (Å²) in [6.45, 7) is 7.60. The summed E-state index contributed by atoms with van der Waals surface area (Å²) < 4.78 is 16.2. The van der Waals surface area contributed by atoms with Crippen LogP contribution in [-0.2, 0) is 16.0 Å². The smallest absolute Gasteiger partial charge is 0.338 e. The molecule has 5 heteroatoms. The van der Waals surface area contributed by atoms with Crippen molar-refractivity contribution in [2.75, 3.05) is 26.4 Å². The van der Waals surface area contributed by atoms with Gasteiger partial charge in [-0.3, -0.25) is 0 Å². The molecule has 0 atom stereocenters. The van der Waals surface area contributed by atoms with Crippen molar-refractivity contribution in [3.8, 4) is 11.3 Å². The number of nitrogens with two attached hydrogens (primary N) is 1. The van der Waals surface area contributed by atoms with E-state index in [1.165, 1.54) is 0 Å². The van der Waals surface area contributed by atoms with Gasteiger partial charge in [0.2, 0.25) is 0 Å². The first-order chi connectivity index (χ1) is 11.7. The Kier molecular flexibility index (Phi) is 7.52. The van der Waals surface area contributed by atoms with Crippen LogP contribution >= 0.6 is 0 Å². The molecular formula is C19H26NO4+. The van der Waals surface area contributed by atoms with Crippen LogP contribution in [0, 0.1) is 0 Å². The first-order valence-electron chi connectivity index (χ1n) is 8.50. The van der Waals surface area contributed by atoms with Gasteiger partial charge in [0.15, 0.2) is 5.76 Å². The molecule has 130 valence electrons. The van der Waals surface area contributed by atoms with Gasteiger partial charge in [0, 0.05) is 18.6 Å². The average Bonchev–Trinajstić information content (AvgIpc) is 3.07. The molecule has 2 rings (SSSR count). The van der Waals surface area contributed by atoms with Crippen LogP contribution in [-0.4, -0.2) is 32.3 Å². The maximum Gasteiger partial charge on any atom is 0.338 e. The zero-order chi connectivity index (χ0) is 17.2. The highest BCUT2D eigenvalue weighted by molar-refractivity contribution is 5.89. The number of carbonyl (C=O) groups is 1. The Morgan fingerprint density at radius 1 is 1.08 bits per heavy atom. The van der Waals surface area contributed by atoms with Crippen LogP contribution in [0.1, 0.15) is 36.4 Å². The van der Waals surface area contributed by atoms with Gasteiger partial charge in [-0.1, -0.05) is 12.1 Å². The zero-order valence-electron chi connectivity index (χ0n) is 14.4. The van der Waals surface area contributed by atoms with E-state index >= 15 is 0 Å². The summed E-state index contributed by atoms with van der Waals surface area (Å²) in [4.78, 5) is 11.7. The van der Waals surface area contributed by atoms with E-state index in [0.29, 0.717) is 12.2 Å². The molecule has 0 saturated carbocycles. The third kappa shape index (κ3) is 5.51. The number of rotatable bonds is 10. The molecule has 5 nitrogen and oxygen atoms in total. The number of hydrogen-bond acceptors (Lipinski definition) is 4. The van der Waals surface area contributed by atoms with E-state index < -0.39 is 0 Å². The SMILES string of the molecule is CCOCCC[NH2+]Cc1ccc(-c2ccc(C(=O)OCC)cc2)o1. The monoisotopic (exact) mass is 332 g/mol. The number of hydrogen-bond donors (Lipinski definition) is 1. The average molecular weight is 332 g/mol. The van der Waals surface area contributed by atoms with Crippen molar-refractivity contribution in [1.29, 1.82) is 0 Å². The highest BCUT2D eigenvalue weighted by Crippen LogP contribution is 2.22. The van der Waals surface area contributed by atoms with E-state index in [9.17, 15) is 4.79 Å². The molecule has 0 bridgehead atoms. The lowest BCUT2D eigenvalue weighted by molar-refractivity contribution is -0.672. The van der Waals surface area contributed by atoms with E-state index in [1.807, 2.05) is 31.2 Å². The molecular weight excluding hydrogens is 306 g/mol. The molecule has 1 heterocycles. The zero-order valence-corrected chi connectivity index (χ0v) is 14.4. The van der Waals surface area contributed by atoms with Gasteiger partial charge >= 0.3 is 5.97 Å². The minimum Gasteiger partial charge on any atom is -0.462 e. The summed E-state index contributed by atoms with van der Waals surface area (Å²) >= 11 is 0. The Morgan fingerprint density at radius 3 is 2.58 bits per heavy atom. The van der Waals surface area contributed by atoms with Crippen LogP contribution in [0.4, 0.5) is 0 Å². The van der Waals surface area contributed by atoms with E-state index in [4.69, 9.17) is 13.9 Å². The van der Waals surface area contributed by atoms with E-state index in [-0.39, 0.29) is 5.97 Å². The Bertz CT molecular complexity index is 619. The molecule has 0 aliphatic carbocycles. The van der Waals surface area contributed by atoms with Crippen LogP contribution < -0.4 is 5.32 Å². The molecule has 24 heavy (non-hydrogen) atoms. The van der Waals surface area contributed by atoms with Gasteiger partial charge in [-0.2, -0.15) is 0 Å². The lowest BCUT2D eigenvalue weighted by Gasteiger charge is -2.03. The molecule has 0 unspecified atom stereocenters. The minimum absolute atomic E-state index is 0.300. The molecule has 0 amide bonds. The second-order valence-corrected chi connectivity index (χ2v) is 5.40. The predicted molar refractivity (Wildman–Crippen MR) is 91.7 cm³/mol. The van der Waals surface area contributed by atoms with E-state index in [1.54, 1.807) is 19.1 Å². The lowest BCUT2D eigenvalue weighted by atomic mass is 10.1. The van der Waals surface area contributed by atoms with Crippen molar-refractivity contribution in [3.63, 3.8) is 0 Å². The molecule has 1 aromatic heterocycles. The summed E-state index contributed by atoms with van der Waals surface area (Å²) in [5.41, 5.74) is 1.50. The third-order valence-electron chi connectivity index (χ3n) is 3.59. The van der Waals surface area contributed by atoms with E-state index in [0.717, 1.165) is 49.8 Å². The molecule has 0 aliphatic heterocycles. The van der Waals surface area contributed by atoms with Gasteiger partial charge < -0.3 is 19.2 Å². The fourth-order valence-corrected chi connectivity index (χ4v) is 2.35. The molecule has 0 spiro atoms. The summed E-state index contributed by atoms with van der Waals surface area (Å²) in [6.07, 6.45) is 1.04. The van der Waals surface area contributed by atoms with Crippen LogP contribution in [0.2, 0.25) is 0 Å². The highest BCUT2D eigenvalue weighted by Gasteiger charge is 2.09. The third-order valence-corrected chi connectivity index (χ3v) is 3.59. The fraction of sp³-hybridized carbons (Fsp3) is 0.421. The Morgan fingerprint density at radius 2 is 1.88 bits per heavy atom. The second-order valence-electron chi connectivity index (χ2n) is 5.40. The second kappa shape index (κ2) is 9.90. The van der Waals surface area contributed by atoms with Crippen LogP contribution in [0.3, 0.4) is 0 Å². The van der Waals surface area contributed by atoms with Gasteiger partial charge in [0.1, 0.15) is 12.3 Å². The van der Waals surface area contributed by atoms with Gasteiger partial charge in [-0.25, -0.2) is 4.79 Å². The maximum atomic E-state index is 11.7. The first-order valence-corrected chi connectivity index (χ1v) is 8.50. The van der Waals surface area contributed by atoms with Crippen molar-refractivity contribution in [2.45, 2.75) is 26.8 Å². The number of carbonyl (C=O) groups excluding carboxylic acids is 1. The number of benzene rings is 1. The predicted octanol–water partition coefficient (Wildman–Crippen LogP) is 2.61. The van der Waals surface area contributed by atoms with Crippen LogP contribution in [0.15, 0.2) is 40.8 Å². The lowest BCUT2D eigenvalue weighted by Crippen LogP contribution is -2.82. The molecule has 0 radical (unpaired) electrons. The largest absolute Gasteiger partial charge is 0.462 e. The Balaban J connectivity index is 1.85. The van der Waals surface area contributed by atoms with Crippen molar-refractivity contribution in [2.24, 2.45) is 0 Å².